The van der Waals surface area contributed by atoms with Gasteiger partial charge in [-0.2, -0.15) is 0 Å². The fourth-order valence-electron chi connectivity index (χ4n) is 4.18. The third-order valence-corrected chi connectivity index (χ3v) is 4.32. The molecule has 1 N–H and O–H groups in total. The summed E-state index contributed by atoms with van der Waals surface area (Å²) in [5.74, 6) is 0. The highest BCUT2D eigenvalue weighted by Gasteiger charge is 2.57. The zero-order valence-electron chi connectivity index (χ0n) is 12.5. The average Bonchev–Trinajstić information content (AvgIpc) is 2.47. The smallest absolute Gasteiger partial charge is 0.0464 e. The van der Waals surface area contributed by atoms with Crippen molar-refractivity contribution >= 4 is 5.69 Å². The van der Waals surface area contributed by atoms with Crippen LogP contribution in [-0.2, 0) is 5.41 Å². The number of nitrogens with one attached hydrogen (secondary N) is 1. The molecule has 1 aliphatic heterocycles. The number of para-hydroxylation sites is 1. The number of benzene rings is 1. The third kappa shape index (κ3) is 1.46. The minimum absolute atomic E-state index is 0.0450. The van der Waals surface area contributed by atoms with Crippen molar-refractivity contribution in [2.75, 3.05) is 5.32 Å². The molecule has 1 heteroatoms. The average molecular weight is 243 g/mol. The maximum atomic E-state index is 4.34. The molecule has 1 nitrogen and oxygen atoms in total. The van der Waals surface area contributed by atoms with Crippen LogP contribution in [0.25, 0.3) is 0 Å². The lowest BCUT2D eigenvalue weighted by Gasteiger charge is -2.52. The molecule has 2 rings (SSSR count). The molecule has 0 fully saturated rings. The van der Waals surface area contributed by atoms with Gasteiger partial charge in [-0.15, -0.1) is 0 Å². The predicted molar refractivity (Wildman–Crippen MR) is 79.8 cm³/mol. The highest BCUT2D eigenvalue weighted by atomic mass is 15.0. The second-order valence-electron chi connectivity index (χ2n) is 7.40. The highest BCUT2D eigenvalue weighted by Crippen LogP contribution is 2.61. The van der Waals surface area contributed by atoms with E-state index in [1.807, 2.05) is 0 Å². The second-order valence-corrected chi connectivity index (χ2v) is 7.40. The fraction of sp³-hybridized carbons (Fsp3) is 0.529. The van der Waals surface area contributed by atoms with Crippen LogP contribution in [0.2, 0.25) is 0 Å². The molecule has 0 aliphatic carbocycles. The summed E-state index contributed by atoms with van der Waals surface area (Å²) in [6.45, 7) is 18.2. The summed E-state index contributed by atoms with van der Waals surface area (Å²) in [5, 5.41) is 3.51. The first-order chi connectivity index (χ1) is 8.12. The van der Waals surface area contributed by atoms with Gasteiger partial charge in [-0.3, -0.25) is 0 Å². The molecule has 1 heterocycles. The Kier molecular flexibility index (Phi) is 2.66. The topological polar surface area (TPSA) is 12.0 Å². The van der Waals surface area contributed by atoms with E-state index in [0.29, 0.717) is 0 Å². The molecule has 0 unspecified atom stereocenters. The predicted octanol–water partition coefficient (Wildman–Crippen LogP) is 4.96. The van der Waals surface area contributed by atoms with E-state index in [2.05, 4.69) is 77.7 Å². The van der Waals surface area contributed by atoms with Crippen LogP contribution in [0.4, 0.5) is 5.69 Å². The lowest BCUT2D eigenvalue weighted by molar-refractivity contribution is 0.0938. The van der Waals surface area contributed by atoms with Crippen molar-refractivity contribution in [3.8, 4) is 0 Å². The summed E-state index contributed by atoms with van der Waals surface area (Å²) in [6, 6.07) is 8.61. The standard InChI is InChI=1S/C17H25N/c1-12-17(15(2,3)4,16(5,6)7)13-10-8-9-11-14(13)18-12/h8-11,18H,1H2,2-7H3. The molecule has 0 amide bonds. The molecule has 1 aromatic rings. The quantitative estimate of drug-likeness (QED) is 0.679. The molecule has 1 aliphatic rings. The SMILES string of the molecule is C=C1Nc2ccccc2C1(C(C)(C)C)C(C)(C)C. The van der Waals surface area contributed by atoms with Crippen LogP contribution in [0.3, 0.4) is 0 Å². The Morgan fingerprint density at radius 3 is 1.94 bits per heavy atom. The first-order valence-corrected chi connectivity index (χ1v) is 6.68. The van der Waals surface area contributed by atoms with Gasteiger partial charge in [0, 0.05) is 16.8 Å². The zero-order chi connectivity index (χ0) is 13.8. The Morgan fingerprint density at radius 2 is 1.44 bits per heavy atom. The van der Waals surface area contributed by atoms with Gasteiger partial charge in [-0.05, 0) is 22.5 Å². The van der Waals surface area contributed by atoms with Crippen molar-refractivity contribution in [1.82, 2.24) is 0 Å². The largest absolute Gasteiger partial charge is 0.358 e. The molecule has 0 spiro atoms. The van der Waals surface area contributed by atoms with Crippen molar-refractivity contribution < 1.29 is 0 Å². The molecule has 0 aromatic heterocycles. The van der Waals surface area contributed by atoms with Crippen LogP contribution >= 0.6 is 0 Å². The van der Waals surface area contributed by atoms with Gasteiger partial charge in [0.05, 0.1) is 0 Å². The van der Waals surface area contributed by atoms with Crippen molar-refractivity contribution in [2.24, 2.45) is 10.8 Å². The molecule has 18 heavy (non-hydrogen) atoms. The Balaban J connectivity index is 2.81. The van der Waals surface area contributed by atoms with Gasteiger partial charge < -0.3 is 5.32 Å². The summed E-state index contributed by atoms with van der Waals surface area (Å²) < 4.78 is 0. The van der Waals surface area contributed by atoms with Crippen LogP contribution in [0, 0.1) is 10.8 Å². The molecule has 0 saturated carbocycles. The van der Waals surface area contributed by atoms with E-state index in [4.69, 9.17) is 0 Å². The highest BCUT2D eigenvalue weighted by molar-refractivity contribution is 5.69. The molecule has 0 bridgehead atoms. The molecule has 0 atom stereocenters. The number of fused-ring (bicyclic) bond motifs is 1. The molecule has 0 saturated heterocycles. The summed E-state index contributed by atoms with van der Waals surface area (Å²) in [5.41, 5.74) is 3.91. The van der Waals surface area contributed by atoms with Gasteiger partial charge in [0.25, 0.3) is 0 Å². The maximum absolute atomic E-state index is 4.34. The molecule has 0 radical (unpaired) electrons. The van der Waals surface area contributed by atoms with E-state index in [9.17, 15) is 0 Å². The van der Waals surface area contributed by atoms with Crippen LogP contribution in [0.15, 0.2) is 36.5 Å². The first kappa shape index (κ1) is 13.2. The van der Waals surface area contributed by atoms with E-state index in [1.54, 1.807) is 0 Å². The van der Waals surface area contributed by atoms with E-state index >= 15 is 0 Å². The van der Waals surface area contributed by atoms with Gasteiger partial charge in [-0.25, -0.2) is 0 Å². The van der Waals surface area contributed by atoms with Crippen LogP contribution in [0.1, 0.15) is 47.1 Å². The number of hydrogen-bond acceptors (Lipinski definition) is 1. The van der Waals surface area contributed by atoms with Crippen molar-refractivity contribution in [2.45, 2.75) is 47.0 Å². The van der Waals surface area contributed by atoms with E-state index in [-0.39, 0.29) is 16.2 Å². The van der Waals surface area contributed by atoms with Crippen molar-refractivity contribution in [1.29, 1.82) is 0 Å². The van der Waals surface area contributed by atoms with Gasteiger partial charge in [0.1, 0.15) is 0 Å². The lowest BCUT2D eigenvalue weighted by Crippen LogP contribution is -2.50. The summed E-state index contributed by atoms with van der Waals surface area (Å²) in [4.78, 5) is 0. The Morgan fingerprint density at radius 1 is 0.944 bits per heavy atom. The van der Waals surface area contributed by atoms with Gasteiger partial charge in [0.15, 0.2) is 0 Å². The maximum Gasteiger partial charge on any atom is 0.0464 e. The Hall–Kier alpha value is -1.24. The monoisotopic (exact) mass is 243 g/mol. The summed E-state index contributed by atoms with van der Waals surface area (Å²) in [6.07, 6.45) is 0. The van der Waals surface area contributed by atoms with E-state index in [0.717, 1.165) is 5.70 Å². The lowest BCUT2D eigenvalue weighted by atomic mass is 9.51. The number of anilines is 1. The van der Waals surface area contributed by atoms with E-state index in [1.165, 1.54) is 11.3 Å². The number of rotatable bonds is 0. The molecular weight excluding hydrogens is 218 g/mol. The van der Waals surface area contributed by atoms with Crippen LogP contribution in [0.5, 0.6) is 0 Å². The normalized spacial score (nSPS) is 18.4. The van der Waals surface area contributed by atoms with Crippen LogP contribution < -0.4 is 5.32 Å². The van der Waals surface area contributed by atoms with Crippen molar-refractivity contribution in [3.05, 3.63) is 42.1 Å². The molecule has 1 aromatic carbocycles. The van der Waals surface area contributed by atoms with Gasteiger partial charge >= 0.3 is 0 Å². The van der Waals surface area contributed by atoms with E-state index < -0.39 is 0 Å². The summed E-state index contributed by atoms with van der Waals surface area (Å²) >= 11 is 0. The van der Waals surface area contributed by atoms with Gasteiger partial charge in [0.2, 0.25) is 0 Å². The Bertz CT molecular complexity index is 469. The van der Waals surface area contributed by atoms with Crippen LogP contribution in [-0.4, -0.2) is 0 Å². The summed E-state index contributed by atoms with van der Waals surface area (Å²) in [7, 11) is 0. The molecular formula is C17H25N. The second kappa shape index (κ2) is 3.63. The number of allylic oxidation sites excluding steroid dienone is 1. The molecule has 98 valence electrons. The zero-order valence-corrected chi connectivity index (χ0v) is 12.5. The minimum atomic E-state index is -0.0450. The number of hydrogen-bond donors (Lipinski definition) is 1. The first-order valence-electron chi connectivity index (χ1n) is 6.68. The minimum Gasteiger partial charge on any atom is -0.358 e. The van der Waals surface area contributed by atoms with Crippen molar-refractivity contribution in [3.63, 3.8) is 0 Å². The third-order valence-electron chi connectivity index (χ3n) is 4.32. The fourth-order valence-corrected chi connectivity index (χ4v) is 4.18. The Labute approximate surface area is 111 Å². The van der Waals surface area contributed by atoms with Gasteiger partial charge in [-0.1, -0.05) is 66.3 Å².